The Morgan fingerprint density at radius 3 is 2.65 bits per heavy atom. The van der Waals surface area contributed by atoms with Gasteiger partial charge in [0.25, 0.3) is 0 Å². The molecule has 1 aromatic rings. The number of carbonyl (C=O) groups is 1. The van der Waals surface area contributed by atoms with Gasteiger partial charge in [0.1, 0.15) is 12.4 Å². The summed E-state index contributed by atoms with van der Waals surface area (Å²) in [7, 11) is -1.14. The Hall–Kier alpha value is -1.66. The first-order chi connectivity index (χ1) is 10.8. The molecular formula is C17H28N2O3Si. The van der Waals surface area contributed by atoms with Gasteiger partial charge in [-0.2, -0.15) is 0 Å². The quantitative estimate of drug-likeness (QED) is 0.292. The van der Waals surface area contributed by atoms with Crippen LogP contribution in [0.25, 0.3) is 6.08 Å². The maximum atomic E-state index is 12.2. The Morgan fingerprint density at radius 2 is 2.13 bits per heavy atom. The number of esters is 1. The van der Waals surface area contributed by atoms with E-state index in [1.165, 1.54) is 0 Å². The summed E-state index contributed by atoms with van der Waals surface area (Å²) in [6, 6.07) is 2.77. The molecule has 0 aromatic carbocycles. The Balaban J connectivity index is 3.02. The van der Waals surface area contributed by atoms with Crippen molar-refractivity contribution >= 4 is 32.5 Å². The van der Waals surface area contributed by atoms with Crippen molar-refractivity contribution in [3.63, 3.8) is 0 Å². The zero-order valence-corrected chi connectivity index (χ0v) is 15.9. The van der Waals surface area contributed by atoms with Gasteiger partial charge in [-0.05, 0) is 38.8 Å². The molecule has 0 amide bonds. The summed E-state index contributed by atoms with van der Waals surface area (Å²) < 4.78 is 12.7. The van der Waals surface area contributed by atoms with Crippen LogP contribution in [0.3, 0.4) is 0 Å². The van der Waals surface area contributed by atoms with Crippen LogP contribution in [0.1, 0.15) is 30.0 Å². The molecule has 0 N–H and O–H groups in total. The zero-order valence-electron chi connectivity index (χ0n) is 14.9. The third kappa shape index (κ3) is 5.80. The topological polar surface area (TPSA) is 52.8 Å². The third-order valence-corrected chi connectivity index (χ3v) is 5.02. The molecule has 0 saturated heterocycles. The van der Waals surface area contributed by atoms with Crippen LogP contribution in [0, 0.1) is 0 Å². The van der Waals surface area contributed by atoms with E-state index in [2.05, 4.69) is 31.4 Å². The molecule has 23 heavy (non-hydrogen) atoms. The Morgan fingerprint density at radius 1 is 1.43 bits per heavy atom. The summed E-state index contributed by atoms with van der Waals surface area (Å²) in [6.07, 6.45) is 3.80. The van der Waals surface area contributed by atoms with Crippen LogP contribution in [0.4, 0.5) is 5.69 Å². The van der Waals surface area contributed by atoms with E-state index in [9.17, 15) is 4.79 Å². The molecule has 1 rings (SSSR count). The number of allylic oxidation sites excluding steroid dienone is 1. The second-order valence-corrected chi connectivity index (χ2v) is 12.1. The lowest BCUT2D eigenvalue weighted by Crippen LogP contribution is -2.22. The van der Waals surface area contributed by atoms with Crippen LogP contribution in [-0.2, 0) is 16.2 Å². The van der Waals surface area contributed by atoms with Gasteiger partial charge in [0.05, 0.1) is 18.0 Å². The summed E-state index contributed by atoms with van der Waals surface area (Å²) in [5.74, 6) is -0.373. The minimum Gasteiger partial charge on any atom is -0.461 e. The predicted molar refractivity (Wildman–Crippen MR) is 98.4 cm³/mol. The standard InChI is InChI=1S/C17H28N2O3Si/c1-7-9-15-14(18-3)12-16(17(20)22-8-2)19(15)13-21-10-11-23(4,5)6/h7,9,12H,3,8,10-11,13H2,1-2,4-6H3/b9-7-. The van der Waals surface area contributed by atoms with Gasteiger partial charge in [-0.3, -0.25) is 4.99 Å². The molecule has 0 aliphatic heterocycles. The maximum Gasteiger partial charge on any atom is 0.355 e. The number of ether oxygens (including phenoxy) is 2. The Labute approximate surface area is 140 Å². The zero-order chi connectivity index (χ0) is 17.5. The molecule has 128 valence electrons. The molecule has 0 fully saturated rings. The van der Waals surface area contributed by atoms with Crippen LogP contribution in [0.5, 0.6) is 0 Å². The smallest absolute Gasteiger partial charge is 0.355 e. The maximum absolute atomic E-state index is 12.2. The average molecular weight is 337 g/mol. The largest absolute Gasteiger partial charge is 0.461 e. The lowest BCUT2D eigenvalue weighted by molar-refractivity contribution is 0.0472. The fourth-order valence-corrected chi connectivity index (χ4v) is 2.81. The normalized spacial score (nSPS) is 11.9. The SMILES string of the molecule is C=Nc1cc(C(=O)OCC)n(COCC[Si](C)(C)C)c1/C=C\C. The lowest BCUT2D eigenvalue weighted by atomic mass is 10.3. The molecule has 0 saturated carbocycles. The minimum atomic E-state index is -1.14. The molecule has 0 unspecified atom stereocenters. The highest BCUT2D eigenvalue weighted by molar-refractivity contribution is 6.76. The van der Waals surface area contributed by atoms with Gasteiger partial charge in [-0.1, -0.05) is 25.7 Å². The van der Waals surface area contributed by atoms with Crippen molar-refractivity contribution in [2.45, 2.75) is 46.3 Å². The van der Waals surface area contributed by atoms with E-state index >= 15 is 0 Å². The molecule has 1 aromatic heterocycles. The van der Waals surface area contributed by atoms with Crippen LogP contribution < -0.4 is 0 Å². The van der Waals surface area contributed by atoms with Crippen LogP contribution >= 0.6 is 0 Å². The fraction of sp³-hybridized carbons (Fsp3) is 0.529. The van der Waals surface area contributed by atoms with Crippen LogP contribution in [0.2, 0.25) is 25.7 Å². The first kappa shape index (κ1) is 19.4. The molecule has 0 atom stereocenters. The lowest BCUT2D eigenvalue weighted by Gasteiger charge is -2.17. The van der Waals surface area contributed by atoms with E-state index in [1.807, 2.05) is 19.1 Å². The number of rotatable bonds is 9. The number of carbonyl (C=O) groups excluding carboxylic acids is 1. The highest BCUT2D eigenvalue weighted by atomic mass is 28.3. The van der Waals surface area contributed by atoms with Gasteiger partial charge in [0, 0.05) is 14.7 Å². The van der Waals surface area contributed by atoms with Crippen LogP contribution in [0.15, 0.2) is 17.1 Å². The average Bonchev–Trinajstić information content (AvgIpc) is 2.81. The third-order valence-electron chi connectivity index (χ3n) is 3.31. The second kappa shape index (κ2) is 8.84. The van der Waals surface area contributed by atoms with Crippen molar-refractivity contribution in [3.8, 4) is 0 Å². The Bertz CT molecular complexity index is 571. The van der Waals surface area contributed by atoms with E-state index in [4.69, 9.17) is 9.47 Å². The van der Waals surface area contributed by atoms with Gasteiger partial charge < -0.3 is 14.0 Å². The number of hydrogen-bond donors (Lipinski definition) is 0. The highest BCUT2D eigenvalue weighted by Gasteiger charge is 2.20. The van der Waals surface area contributed by atoms with E-state index in [0.29, 0.717) is 31.3 Å². The molecule has 1 heterocycles. The van der Waals surface area contributed by atoms with Crippen molar-refractivity contribution < 1.29 is 14.3 Å². The highest BCUT2D eigenvalue weighted by Crippen LogP contribution is 2.26. The van der Waals surface area contributed by atoms with Gasteiger partial charge in [0.15, 0.2) is 0 Å². The van der Waals surface area contributed by atoms with Gasteiger partial charge in [0.2, 0.25) is 0 Å². The molecular weight excluding hydrogens is 308 g/mol. The summed E-state index contributed by atoms with van der Waals surface area (Å²) in [5, 5.41) is 0. The van der Waals surface area contributed by atoms with Crippen molar-refractivity contribution in [2.24, 2.45) is 4.99 Å². The van der Waals surface area contributed by atoms with E-state index in [0.717, 1.165) is 11.7 Å². The first-order valence-electron chi connectivity index (χ1n) is 7.91. The number of hydrogen-bond acceptors (Lipinski definition) is 4. The summed E-state index contributed by atoms with van der Waals surface area (Å²) in [5.41, 5.74) is 1.90. The van der Waals surface area contributed by atoms with Gasteiger partial charge >= 0.3 is 5.97 Å². The minimum absolute atomic E-state index is 0.299. The van der Waals surface area contributed by atoms with E-state index in [-0.39, 0.29) is 5.97 Å². The molecule has 0 aliphatic rings. The fourth-order valence-electron chi connectivity index (χ4n) is 2.06. The molecule has 0 bridgehead atoms. The van der Waals surface area contributed by atoms with Crippen LogP contribution in [-0.4, -0.2) is 38.5 Å². The molecule has 0 radical (unpaired) electrons. The van der Waals surface area contributed by atoms with Crippen molar-refractivity contribution in [1.29, 1.82) is 0 Å². The number of nitrogens with zero attached hydrogens (tertiary/aromatic N) is 2. The van der Waals surface area contributed by atoms with Crippen molar-refractivity contribution in [1.82, 2.24) is 4.57 Å². The van der Waals surface area contributed by atoms with Gasteiger partial charge in [-0.25, -0.2) is 4.79 Å². The van der Waals surface area contributed by atoms with Crippen molar-refractivity contribution in [3.05, 3.63) is 23.5 Å². The van der Waals surface area contributed by atoms with Crippen molar-refractivity contribution in [2.75, 3.05) is 13.2 Å². The van der Waals surface area contributed by atoms with Gasteiger partial charge in [-0.15, -0.1) is 0 Å². The number of aromatic nitrogens is 1. The second-order valence-electron chi connectivity index (χ2n) is 6.45. The molecule has 0 spiro atoms. The molecule has 5 nitrogen and oxygen atoms in total. The predicted octanol–water partition coefficient (Wildman–Crippen LogP) is 4.34. The molecule has 6 heteroatoms. The summed E-state index contributed by atoms with van der Waals surface area (Å²) in [6.45, 7) is 15.5. The van der Waals surface area contributed by atoms with E-state index in [1.54, 1.807) is 17.6 Å². The molecule has 0 aliphatic carbocycles. The Kier molecular flexibility index (Phi) is 7.45. The summed E-state index contributed by atoms with van der Waals surface area (Å²) >= 11 is 0. The monoisotopic (exact) mass is 336 g/mol. The van der Waals surface area contributed by atoms with E-state index < -0.39 is 8.07 Å². The number of aliphatic imine (C=N–C) groups is 1. The summed E-state index contributed by atoms with van der Waals surface area (Å²) in [4.78, 5) is 16.2. The first-order valence-corrected chi connectivity index (χ1v) is 11.6.